The van der Waals surface area contributed by atoms with E-state index in [1.165, 1.54) is 11.3 Å². The van der Waals surface area contributed by atoms with Crippen LogP contribution < -0.4 is 15.0 Å². The van der Waals surface area contributed by atoms with Gasteiger partial charge >= 0.3 is 6.09 Å². The summed E-state index contributed by atoms with van der Waals surface area (Å²) in [5.74, 6) is -0.355. The molecule has 1 N–H and O–H groups in total. The van der Waals surface area contributed by atoms with Crippen molar-refractivity contribution in [1.82, 2.24) is 19.3 Å². The highest BCUT2D eigenvalue weighted by atomic mass is 32.1. The lowest BCUT2D eigenvalue weighted by molar-refractivity contribution is 0.00567. The average molecular weight is 576 g/mol. The van der Waals surface area contributed by atoms with E-state index in [1.54, 1.807) is 40.9 Å². The Bertz CT molecular complexity index is 1690. The molecule has 4 heterocycles. The second-order valence-corrected chi connectivity index (χ2v) is 12.3. The molecule has 214 valence electrons. The van der Waals surface area contributed by atoms with Gasteiger partial charge in [-0.2, -0.15) is 5.26 Å². The van der Waals surface area contributed by atoms with Gasteiger partial charge in [0, 0.05) is 25.5 Å². The number of carbonyl (C=O) groups is 2. The summed E-state index contributed by atoms with van der Waals surface area (Å²) in [5.41, 5.74) is 3.39. The van der Waals surface area contributed by atoms with Crippen molar-refractivity contribution in [3.63, 3.8) is 0 Å². The predicted molar refractivity (Wildman–Crippen MR) is 158 cm³/mol. The van der Waals surface area contributed by atoms with Crippen molar-refractivity contribution in [3.8, 4) is 11.3 Å². The van der Waals surface area contributed by atoms with Gasteiger partial charge in [0.25, 0.3) is 11.1 Å². The van der Waals surface area contributed by atoms with Gasteiger partial charge in [-0.05, 0) is 59.7 Å². The number of rotatable bonds is 4. The second kappa shape index (κ2) is 10.6. The number of nitrogens with one attached hydrogen (secondary N) is 1. The van der Waals surface area contributed by atoms with Gasteiger partial charge in [0.15, 0.2) is 5.65 Å². The monoisotopic (exact) mass is 575 g/mol. The maximum Gasteiger partial charge on any atom is 0.410 e. The molecule has 1 fully saturated rings. The largest absolute Gasteiger partial charge is 0.473 e. The van der Waals surface area contributed by atoms with Crippen LogP contribution in [-0.4, -0.2) is 69.2 Å². The number of benzene rings is 1. The molecule has 0 spiro atoms. The number of fused-ring (bicyclic) bond motifs is 2. The number of nitrogens with zero attached hydrogens (tertiary/aromatic N) is 6. The van der Waals surface area contributed by atoms with Crippen LogP contribution in [0.3, 0.4) is 0 Å². The molecule has 1 saturated heterocycles. The molecule has 0 unspecified atom stereocenters. The van der Waals surface area contributed by atoms with Gasteiger partial charge in [-0.1, -0.05) is 11.3 Å². The molecule has 0 radical (unpaired) electrons. The number of hydrogen-bond donors (Lipinski definition) is 1. The van der Waals surface area contributed by atoms with Gasteiger partial charge in [0.05, 0.1) is 52.1 Å². The van der Waals surface area contributed by atoms with E-state index in [0.717, 1.165) is 16.1 Å². The van der Waals surface area contributed by atoms with Crippen molar-refractivity contribution in [2.24, 2.45) is 0 Å². The molecule has 0 aliphatic carbocycles. The van der Waals surface area contributed by atoms with Crippen molar-refractivity contribution in [3.05, 3.63) is 47.4 Å². The number of imidazole rings is 1. The Morgan fingerprint density at radius 2 is 1.85 bits per heavy atom. The number of pyridine rings is 1. The molecule has 41 heavy (non-hydrogen) atoms. The minimum atomic E-state index is -0.574. The van der Waals surface area contributed by atoms with Crippen molar-refractivity contribution in [1.29, 1.82) is 5.26 Å². The van der Waals surface area contributed by atoms with E-state index in [2.05, 4.69) is 26.3 Å². The quantitative estimate of drug-likeness (QED) is 0.351. The number of thiazole rings is 1. The highest BCUT2D eigenvalue weighted by Crippen LogP contribution is 2.39. The fraction of sp³-hybridized carbons (Fsp3) is 0.414. The van der Waals surface area contributed by atoms with E-state index in [4.69, 9.17) is 9.47 Å². The summed E-state index contributed by atoms with van der Waals surface area (Å²) >= 11 is 1.37. The smallest absolute Gasteiger partial charge is 0.410 e. The number of hydrogen-bond acceptors (Lipinski definition) is 9. The van der Waals surface area contributed by atoms with Crippen molar-refractivity contribution >= 4 is 50.6 Å². The fourth-order valence-electron chi connectivity index (χ4n) is 5.26. The van der Waals surface area contributed by atoms with Crippen molar-refractivity contribution < 1.29 is 19.1 Å². The number of ether oxygens (including phenoxy) is 2. The summed E-state index contributed by atoms with van der Waals surface area (Å²) in [7, 11) is 1.55. The SMILES string of the molecule is COc1nc2c(C(=O)Nc3cc(C#N)c4nc(C)cn4c3)ccc(N3C[C@H](C)N(C(=O)OC(C)(C)C)[C@@H](C)C3)c2s1. The summed E-state index contributed by atoms with van der Waals surface area (Å²) in [6, 6.07) is 7.24. The lowest BCUT2D eigenvalue weighted by Gasteiger charge is -2.45. The number of amides is 2. The molecule has 3 aromatic heterocycles. The molecule has 2 atom stereocenters. The van der Waals surface area contributed by atoms with Crippen LogP contribution in [0, 0.1) is 18.3 Å². The minimum absolute atomic E-state index is 0.0995. The van der Waals surface area contributed by atoms with Gasteiger partial charge in [0.2, 0.25) is 0 Å². The van der Waals surface area contributed by atoms with Gasteiger partial charge < -0.3 is 24.1 Å². The zero-order valence-electron chi connectivity index (χ0n) is 24.2. The summed E-state index contributed by atoms with van der Waals surface area (Å²) in [4.78, 5) is 39.4. The van der Waals surface area contributed by atoms with Crippen LogP contribution in [0.2, 0.25) is 0 Å². The molecule has 1 aliphatic rings. The lowest BCUT2D eigenvalue weighted by Crippen LogP contribution is -2.59. The van der Waals surface area contributed by atoms with Crippen molar-refractivity contribution in [2.75, 3.05) is 30.4 Å². The zero-order chi connectivity index (χ0) is 29.6. The van der Waals surface area contributed by atoms with E-state index in [9.17, 15) is 14.9 Å². The molecule has 5 rings (SSSR count). The first-order valence-electron chi connectivity index (χ1n) is 13.3. The third-order valence-electron chi connectivity index (χ3n) is 6.84. The van der Waals surface area contributed by atoms with Gasteiger partial charge in [-0.3, -0.25) is 9.69 Å². The fourth-order valence-corrected chi connectivity index (χ4v) is 6.21. The normalized spacial score (nSPS) is 17.5. The van der Waals surface area contributed by atoms with Crippen molar-refractivity contribution in [2.45, 2.75) is 59.2 Å². The van der Waals surface area contributed by atoms with E-state index >= 15 is 0 Å². The molecule has 0 saturated carbocycles. The average Bonchev–Trinajstić information content (AvgIpc) is 3.48. The van der Waals surface area contributed by atoms with Gasteiger partial charge in [0.1, 0.15) is 17.2 Å². The second-order valence-electron chi connectivity index (χ2n) is 11.3. The molecule has 1 aliphatic heterocycles. The van der Waals surface area contributed by atoms with Crippen LogP contribution in [0.15, 0.2) is 30.6 Å². The summed E-state index contributed by atoms with van der Waals surface area (Å²) in [5, 5.41) is 13.0. The van der Waals surface area contributed by atoms with Crippen LogP contribution in [0.1, 0.15) is 56.2 Å². The Morgan fingerprint density at radius 1 is 1.15 bits per heavy atom. The Kier molecular flexibility index (Phi) is 7.25. The Labute approximate surface area is 242 Å². The standard InChI is InChI=1S/C29H33N7O4S/c1-16-12-35-15-20(10-19(11-30)25(35)31-16)32-26(37)21-8-9-22(24-23(21)33-27(39-7)41-24)34-13-17(2)36(18(3)14-34)28(38)40-29(4,5)6/h8-10,12,15,17-18H,13-14H2,1-7H3,(H,32,37)/t17-,18-/m0/s1. The van der Waals surface area contributed by atoms with Crippen LogP contribution in [0.4, 0.5) is 16.2 Å². The topological polar surface area (TPSA) is 125 Å². The molecule has 11 nitrogen and oxygen atoms in total. The summed E-state index contributed by atoms with van der Waals surface area (Å²) in [6.07, 6.45) is 3.21. The van der Waals surface area contributed by atoms with E-state index in [-0.39, 0.29) is 24.1 Å². The Morgan fingerprint density at radius 3 is 2.49 bits per heavy atom. The number of carbonyl (C=O) groups excluding carboxylic acids is 2. The van der Waals surface area contributed by atoms with E-state index in [0.29, 0.717) is 46.3 Å². The van der Waals surface area contributed by atoms with Crippen LogP contribution in [0.25, 0.3) is 15.9 Å². The molecule has 0 bridgehead atoms. The maximum absolute atomic E-state index is 13.5. The summed E-state index contributed by atoms with van der Waals surface area (Å²) in [6.45, 7) is 12.6. The minimum Gasteiger partial charge on any atom is -0.473 e. The Hall–Kier alpha value is -4.37. The molecule has 1 aromatic carbocycles. The van der Waals surface area contributed by atoms with Gasteiger partial charge in [-0.25, -0.2) is 14.8 Å². The van der Waals surface area contributed by atoms with Crippen LogP contribution in [-0.2, 0) is 4.74 Å². The number of nitriles is 1. The predicted octanol–water partition coefficient (Wildman–Crippen LogP) is 5.22. The first-order valence-corrected chi connectivity index (χ1v) is 14.1. The summed E-state index contributed by atoms with van der Waals surface area (Å²) < 4.78 is 13.7. The molecular formula is C29H33N7O4S. The highest BCUT2D eigenvalue weighted by Gasteiger charge is 2.36. The lowest BCUT2D eigenvalue weighted by atomic mass is 10.1. The molecule has 4 aromatic rings. The number of piperazine rings is 1. The van der Waals surface area contributed by atoms with Crippen LogP contribution in [0.5, 0.6) is 5.19 Å². The molecule has 2 amide bonds. The highest BCUT2D eigenvalue weighted by molar-refractivity contribution is 7.21. The number of methoxy groups -OCH3 is 1. The maximum atomic E-state index is 13.5. The number of aryl methyl sites for hydroxylation is 1. The van der Waals surface area contributed by atoms with E-state index < -0.39 is 5.60 Å². The molecular weight excluding hydrogens is 542 g/mol. The van der Waals surface area contributed by atoms with Crippen LogP contribution >= 0.6 is 11.3 Å². The van der Waals surface area contributed by atoms with Gasteiger partial charge in [-0.15, -0.1) is 0 Å². The third-order valence-corrected chi connectivity index (χ3v) is 7.88. The number of aromatic nitrogens is 3. The molecule has 12 heteroatoms. The number of anilines is 2. The first-order chi connectivity index (χ1) is 19.4. The third kappa shape index (κ3) is 5.50. The Balaban J connectivity index is 1.45. The van der Waals surface area contributed by atoms with E-state index in [1.807, 2.05) is 47.6 Å². The zero-order valence-corrected chi connectivity index (χ0v) is 25.0. The first kappa shape index (κ1) is 28.2.